The van der Waals surface area contributed by atoms with E-state index in [9.17, 15) is 4.79 Å². The molecule has 7 heteroatoms. The molecule has 0 aliphatic carbocycles. The molecule has 2 aromatic rings. The lowest BCUT2D eigenvalue weighted by molar-refractivity contribution is -0.117. The lowest BCUT2D eigenvalue weighted by Gasteiger charge is -2.26. The van der Waals surface area contributed by atoms with Crippen LogP contribution in [0.5, 0.6) is 11.5 Å². The SMILES string of the molecule is O=C(CN1CCC[C@H]1c1ccc2c(c1)OCCO2)Nc1c(Cl)cccc1Cl. The van der Waals surface area contributed by atoms with Gasteiger partial charge in [0.25, 0.3) is 0 Å². The van der Waals surface area contributed by atoms with E-state index in [0.717, 1.165) is 36.4 Å². The van der Waals surface area contributed by atoms with E-state index in [1.807, 2.05) is 12.1 Å². The molecule has 2 aromatic carbocycles. The Morgan fingerprint density at radius 3 is 2.63 bits per heavy atom. The molecule has 0 radical (unpaired) electrons. The molecule has 142 valence electrons. The molecule has 1 atom stereocenters. The highest BCUT2D eigenvalue weighted by molar-refractivity contribution is 6.39. The average molecular weight is 407 g/mol. The van der Waals surface area contributed by atoms with Crippen molar-refractivity contribution in [3.63, 3.8) is 0 Å². The number of ether oxygens (including phenoxy) is 2. The van der Waals surface area contributed by atoms with Gasteiger partial charge >= 0.3 is 0 Å². The van der Waals surface area contributed by atoms with Crippen LogP contribution in [0.3, 0.4) is 0 Å². The monoisotopic (exact) mass is 406 g/mol. The topological polar surface area (TPSA) is 50.8 Å². The number of halogens is 2. The molecule has 0 spiro atoms. The molecular weight excluding hydrogens is 387 g/mol. The van der Waals surface area contributed by atoms with Crippen LogP contribution in [0.25, 0.3) is 0 Å². The van der Waals surface area contributed by atoms with Gasteiger partial charge in [-0.05, 0) is 49.2 Å². The van der Waals surface area contributed by atoms with E-state index >= 15 is 0 Å². The second-order valence-electron chi connectivity index (χ2n) is 6.68. The molecule has 0 bridgehead atoms. The maximum absolute atomic E-state index is 12.6. The number of likely N-dealkylation sites (tertiary alicyclic amines) is 1. The number of hydrogen-bond acceptors (Lipinski definition) is 4. The Morgan fingerprint density at radius 2 is 1.85 bits per heavy atom. The molecule has 4 rings (SSSR count). The summed E-state index contributed by atoms with van der Waals surface area (Å²) in [6.07, 6.45) is 2.04. The first-order chi connectivity index (χ1) is 13.1. The van der Waals surface area contributed by atoms with Crippen molar-refractivity contribution in [2.45, 2.75) is 18.9 Å². The Kier molecular flexibility index (Phi) is 5.43. The van der Waals surface area contributed by atoms with Gasteiger partial charge in [-0.15, -0.1) is 0 Å². The molecule has 1 saturated heterocycles. The highest BCUT2D eigenvalue weighted by Crippen LogP contribution is 2.38. The Balaban J connectivity index is 1.46. The number of rotatable bonds is 4. The summed E-state index contributed by atoms with van der Waals surface area (Å²) in [6.45, 7) is 2.28. The predicted octanol–water partition coefficient (Wildman–Crippen LogP) is 4.54. The Labute approximate surface area is 168 Å². The smallest absolute Gasteiger partial charge is 0.238 e. The van der Waals surface area contributed by atoms with Gasteiger partial charge in [0.1, 0.15) is 13.2 Å². The van der Waals surface area contributed by atoms with Crippen LogP contribution in [0.2, 0.25) is 10.0 Å². The molecule has 0 unspecified atom stereocenters. The molecule has 2 aliphatic heterocycles. The Bertz CT molecular complexity index is 839. The molecular formula is C20H20Cl2N2O3. The summed E-state index contributed by atoms with van der Waals surface area (Å²) in [5.74, 6) is 1.42. The van der Waals surface area contributed by atoms with E-state index < -0.39 is 0 Å². The number of carbonyl (C=O) groups is 1. The van der Waals surface area contributed by atoms with Crippen LogP contribution < -0.4 is 14.8 Å². The van der Waals surface area contributed by atoms with E-state index in [-0.39, 0.29) is 18.5 Å². The zero-order valence-corrected chi connectivity index (χ0v) is 16.2. The maximum atomic E-state index is 12.6. The number of anilines is 1. The van der Waals surface area contributed by atoms with Crippen molar-refractivity contribution in [3.05, 3.63) is 52.0 Å². The Morgan fingerprint density at radius 1 is 1.11 bits per heavy atom. The fraction of sp³-hybridized carbons (Fsp3) is 0.350. The third-order valence-electron chi connectivity index (χ3n) is 4.89. The van der Waals surface area contributed by atoms with E-state index in [2.05, 4.69) is 16.3 Å². The zero-order valence-electron chi connectivity index (χ0n) is 14.7. The van der Waals surface area contributed by atoms with E-state index in [0.29, 0.717) is 28.9 Å². The quantitative estimate of drug-likeness (QED) is 0.809. The molecule has 27 heavy (non-hydrogen) atoms. The molecule has 1 N–H and O–H groups in total. The third kappa shape index (κ3) is 4.00. The van der Waals surface area contributed by atoms with Crippen LogP contribution in [0.15, 0.2) is 36.4 Å². The van der Waals surface area contributed by atoms with Gasteiger partial charge in [0.2, 0.25) is 5.91 Å². The van der Waals surface area contributed by atoms with Gasteiger partial charge in [0.05, 0.1) is 22.3 Å². The van der Waals surface area contributed by atoms with Crippen LogP contribution in [0.4, 0.5) is 5.69 Å². The van der Waals surface area contributed by atoms with Crippen LogP contribution in [0.1, 0.15) is 24.4 Å². The average Bonchev–Trinajstić information content (AvgIpc) is 3.12. The molecule has 0 saturated carbocycles. The zero-order chi connectivity index (χ0) is 18.8. The van der Waals surface area contributed by atoms with Crippen LogP contribution >= 0.6 is 23.2 Å². The number of hydrogen-bond donors (Lipinski definition) is 1. The summed E-state index contributed by atoms with van der Waals surface area (Å²) in [6, 6.07) is 11.4. The number of amides is 1. The fourth-order valence-corrected chi connectivity index (χ4v) is 4.13. The third-order valence-corrected chi connectivity index (χ3v) is 5.52. The van der Waals surface area contributed by atoms with Gasteiger partial charge in [-0.2, -0.15) is 0 Å². The standard InChI is InChI=1S/C20H20Cl2N2O3/c21-14-3-1-4-15(22)20(14)23-19(25)12-24-8-2-5-16(24)13-6-7-17-18(11-13)27-10-9-26-17/h1,3-4,6-7,11,16H,2,5,8-10,12H2,(H,23,25)/t16-/m0/s1. The minimum Gasteiger partial charge on any atom is -0.486 e. The van der Waals surface area contributed by atoms with Crippen LogP contribution in [0, 0.1) is 0 Å². The lowest BCUT2D eigenvalue weighted by Crippen LogP contribution is -2.33. The molecule has 2 heterocycles. The summed E-state index contributed by atoms with van der Waals surface area (Å²) in [7, 11) is 0. The summed E-state index contributed by atoms with van der Waals surface area (Å²) < 4.78 is 11.3. The van der Waals surface area contributed by atoms with Crippen molar-refractivity contribution in [3.8, 4) is 11.5 Å². The maximum Gasteiger partial charge on any atom is 0.238 e. The van der Waals surface area contributed by atoms with E-state index in [1.165, 1.54) is 0 Å². The van der Waals surface area contributed by atoms with Crippen molar-refractivity contribution < 1.29 is 14.3 Å². The fourth-order valence-electron chi connectivity index (χ4n) is 3.64. The first kappa shape index (κ1) is 18.4. The van der Waals surface area contributed by atoms with Crippen molar-refractivity contribution in [1.82, 2.24) is 4.90 Å². The van der Waals surface area contributed by atoms with Crippen LogP contribution in [-0.4, -0.2) is 37.1 Å². The number of nitrogens with one attached hydrogen (secondary N) is 1. The highest BCUT2D eigenvalue weighted by atomic mass is 35.5. The lowest BCUT2D eigenvalue weighted by atomic mass is 10.0. The van der Waals surface area contributed by atoms with Gasteiger partial charge < -0.3 is 14.8 Å². The summed E-state index contributed by atoms with van der Waals surface area (Å²) in [5.41, 5.74) is 1.60. The first-order valence-corrected chi connectivity index (χ1v) is 9.75. The molecule has 1 amide bonds. The number of benzene rings is 2. The van der Waals surface area contributed by atoms with Gasteiger partial charge in [-0.25, -0.2) is 0 Å². The Hall–Kier alpha value is -1.95. The summed E-state index contributed by atoms with van der Waals surface area (Å²) in [4.78, 5) is 14.7. The second kappa shape index (κ2) is 7.97. The minimum absolute atomic E-state index is 0.130. The largest absolute Gasteiger partial charge is 0.486 e. The van der Waals surface area contributed by atoms with Gasteiger partial charge in [-0.3, -0.25) is 9.69 Å². The normalized spacial score (nSPS) is 19.1. The van der Waals surface area contributed by atoms with Gasteiger partial charge in [0, 0.05) is 6.04 Å². The van der Waals surface area contributed by atoms with Crippen molar-refractivity contribution in [1.29, 1.82) is 0 Å². The number of carbonyl (C=O) groups excluding carboxylic acids is 1. The summed E-state index contributed by atoms with van der Waals surface area (Å²) in [5, 5.41) is 3.70. The second-order valence-corrected chi connectivity index (χ2v) is 7.49. The van der Waals surface area contributed by atoms with Crippen molar-refractivity contribution in [2.24, 2.45) is 0 Å². The van der Waals surface area contributed by atoms with Gasteiger partial charge in [0.15, 0.2) is 11.5 Å². The number of nitrogens with zero attached hydrogens (tertiary/aromatic N) is 1. The van der Waals surface area contributed by atoms with E-state index in [1.54, 1.807) is 18.2 Å². The highest BCUT2D eigenvalue weighted by Gasteiger charge is 2.29. The molecule has 0 aromatic heterocycles. The van der Waals surface area contributed by atoms with Gasteiger partial charge in [-0.1, -0.05) is 35.3 Å². The molecule has 5 nitrogen and oxygen atoms in total. The van der Waals surface area contributed by atoms with Crippen molar-refractivity contribution in [2.75, 3.05) is 31.6 Å². The predicted molar refractivity (Wildman–Crippen MR) is 106 cm³/mol. The molecule has 2 aliphatic rings. The summed E-state index contributed by atoms with van der Waals surface area (Å²) >= 11 is 12.3. The minimum atomic E-state index is -0.130. The number of fused-ring (bicyclic) bond motifs is 1. The number of para-hydroxylation sites is 1. The first-order valence-electron chi connectivity index (χ1n) is 8.99. The van der Waals surface area contributed by atoms with Crippen molar-refractivity contribution >= 4 is 34.8 Å². The van der Waals surface area contributed by atoms with Crippen LogP contribution in [-0.2, 0) is 4.79 Å². The van der Waals surface area contributed by atoms with E-state index in [4.69, 9.17) is 32.7 Å². The molecule has 1 fully saturated rings.